The second-order valence-corrected chi connectivity index (χ2v) is 4.11. The summed E-state index contributed by atoms with van der Waals surface area (Å²) >= 11 is 3.01. The first kappa shape index (κ1) is 13.1. The Balaban J connectivity index is 3.03. The summed E-state index contributed by atoms with van der Waals surface area (Å²) in [6.45, 7) is 2.72. The molecule has 4 heteroatoms. The number of hydrogen-bond acceptors (Lipinski definition) is 1. The van der Waals surface area contributed by atoms with Crippen LogP contribution in [0.25, 0.3) is 0 Å². The van der Waals surface area contributed by atoms with Crippen LogP contribution in [0, 0.1) is 24.0 Å². The normalized spacial score (nSPS) is 12.2. The van der Waals surface area contributed by atoms with Gasteiger partial charge in [0.25, 0.3) is 0 Å². The predicted octanol–water partition coefficient (Wildman–Crippen LogP) is 3.40. The molecule has 1 rings (SSSR count). The summed E-state index contributed by atoms with van der Waals surface area (Å²) in [5, 5.41) is 3.07. The van der Waals surface area contributed by atoms with E-state index in [1.165, 1.54) is 6.07 Å². The Morgan fingerprint density at radius 3 is 2.75 bits per heavy atom. The van der Waals surface area contributed by atoms with E-state index in [0.29, 0.717) is 5.56 Å². The van der Waals surface area contributed by atoms with Crippen molar-refractivity contribution in [3.8, 4) is 12.3 Å². The highest BCUT2D eigenvalue weighted by Gasteiger charge is 2.16. The molecule has 1 unspecified atom stereocenters. The lowest BCUT2D eigenvalue weighted by atomic mass is 10.1. The van der Waals surface area contributed by atoms with Crippen LogP contribution < -0.4 is 5.32 Å². The van der Waals surface area contributed by atoms with Crippen LogP contribution in [-0.4, -0.2) is 6.54 Å². The van der Waals surface area contributed by atoms with Crippen LogP contribution in [0.1, 0.15) is 24.9 Å². The van der Waals surface area contributed by atoms with Crippen molar-refractivity contribution in [1.82, 2.24) is 5.32 Å². The molecule has 0 aliphatic heterocycles. The molecule has 16 heavy (non-hydrogen) atoms. The largest absolute Gasteiger partial charge is 0.300 e. The molecule has 0 fully saturated rings. The lowest BCUT2D eigenvalue weighted by molar-refractivity contribution is 0.499. The minimum absolute atomic E-state index is 0.0825. The Labute approximate surface area is 102 Å². The van der Waals surface area contributed by atoms with Crippen LogP contribution in [0.15, 0.2) is 16.6 Å². The van der Waals surface area contributed by atoms with Gasteiger partial charge in [0, 0.05) is 0 Å². The molecule has 1 atom stereocenters. The monoisotopic (exact) mass is 287 g/mol. The van der Waals surface area contributed by atoms with Gasteiger partial charge in [-0.05, 0) is 40.5 Å². The van der Waals surface area contributed by atoms with Gasteiger partial charge in [-0.2, -0.15) is 0 Å². The van der Waals surface area contributed by atoms with E-state index in [4.69, 9.17) is 6.42 Å². The number of benzene rings is 1. The second kappa shape index (κ2) is 5.97. The standard InChI is InChI=1S/C12H12BrF2N/c1-3-7-16-10(4-2)8-5-6-9(14)12(15)11(8)13/h2,5-6,10,16H,3,7H2,1H3. The SMILES string of the molecule is C#CC(NCCC)c1ccc(F)c(F)c1Br. The molecule has 0 aliphatic carbocycles. The molecule has 0 amide bonds. The first-order valence-electron chi connectivity index (χ1n) is 4.94. The molecule has 1 aromatic rings. The fraction of sp³-hybridized carbons (Fsp3) is 0.333. The second-order valence-electron chi connectivity index (χ2n) is 3.32. The fourth-order valence-corrected chi connectivity index (χ4v) is 1.86. The van der Waals surface area contributed by atoms with Crippen molar-refractivity contribution in [2.24, 2.45) is 0 Å². The molecule has 0 bridgehead atoms. The molecule has 0 aromatic heterocycles. The van der Waals surface area contributed by atoms with Crippen LogP contribution in [0.2, 0.25) is 0 Å². The average Bonchev–Trinajstić information content (AvgIpc) is 2.29. The molecular weight excluding hydrogens is 276 g/mol. The van der Waals surface area contributed by atoms with Crippen LogP contribution >= 0.6 is 15.9 Å². The summed E-state index contributed by atoms with van der Waals surface area (Å²) in [5.74, 6) is 0.717. The van der Waals surface area contributed by atoms with Crippen molar-refractivity contribution >= 4 is 15.9 Å². The van der Waals surface area contributed by atoms with Crippen LogP contribution in [0.5, 0.6) is 0 Å². The molecule has 0 saturated heterocycles. The number of halogens is 3. The average molecular weight is 288 g/mol. The molecule has 0 saturated carbocycles. The van der Waals surface area contributed by atoms with Gasteiger partial charge in [0.05, 0.1) is 10.5 Å². The van der Waals surface area contributed by atoms with Gasteiger partial charge in [0.2, 0.25) is 0 Å². The maximum absolute atomic E-state index is 13.3. The van der Waals surface area contributed by atoms with Crippen LogP contribution in [-0.2, 0) is 0 Å². The zero-order valence-electron chi connectivity index (χ0n) is 8.86. The van der Waals surface area contributed by atoms with Gasteiger partial charge >= 0.3 is 0 Å². The first-order valence-corrected chi connectivity index (χ1v) is 5.74. The van der Waals surface area contributed by atoms with Crippen molar-refractivity contribution in [2.45, 2.75) is 19.4 Å². The highest BCUT2D eigenvalue weighted by atomic mass is 79.9. The maximum atomic E-state index is 13.3. The van der Waals surface area contributed by atoms with Crippen molar-refractivity contribution < 1.29 is 8.78 Å². The van der Waals surface area contributed by atoms with Crippen molar-refractivity contribution in [3.63, 3.8) is 0 Å². The van der Waals surface area contributed by atoms with Crippen molar-refractivity contribution in [3.05, 3.63) is 33.8 Å². The quantitative estimate of drug-likeness (QED) is 0.661. The fourth-order valence-electron chi connectivity index (χ4n) is 1.31. The van der Waals surface area contributed by atoms with Gasteiger partial charge in [-0.15, -0.1) is 6.42 Å². The van der Waals surface area contributed by atoms with Crippen LogP contribution in [0.4, 0.5) is 8.78 Å². The molecule has 1 aromatic carbocycles. The van der Waals surface area contributed by atoms with Gasteiger partial charge < -0.3 is 0 Å². The van der Waals surface area contributed by atoms with E-state index in [0.717, 1.165) is 19.0 Å². The van der Waals surface area contributed by atoms with E-state index >= 15 is 0 Å². The van der Waals surface area contributed by atoms with E-state index in [1.807, 2.05) is 6.92 Å². The summed E-state index contributed by atoms with van der Waals surface area (Å²) in [4.78, 5) is 0. The molecule has 0 heterocycles. The maximum Gasteiger partial charge on any atom is 0.173 e. The van der Waals surface area contributed by atoms with Gasteiger partial charge in [-0.3, -0.25) is 5.32 Å². The Morgan fingerprint density at radius 1 is 1.50 bits per heavy atom. The van der Waals surface area contributed by atoms with E-state index in [1.54, 1.807) is 0 Å². The number of hydrogen-bond donors (Lipinski definition) is 1. The number of nitrogens with one attached hydrogen (secondary N) is 1. The Morgan fingerprint density at radius 2 is 2.19 bits per heavy atom. The van der Waals surface area contributed by atoms with E-state index < -0.39 is 17.7 Å². The van der Waals surface area contributed by atoms with Gasteiger partial charge in [0.1, 0.15) is 0 Å². The Bertz CT molecular complexity index is 412. The van der Waals surface area contributed by atoms with E-state index in [2.05, 4.69) is 27.2 Å². The van der Waals surface area contributed by atoms with Crippen molar-refractivity contribution in [1.29, 1.82) is 0 Å². The predicted molar refractivity (Wildman–Crippen MR) is 63.9 cm³/mol. The van der Waals surface area contributed by atoms with E-state index in [9.17, 15) is 8.78 Å². The number of rotatable bonds is 4. The first-order chi connectivity index (χ1) is 7.61. The Kier molecular flexibility index (Phi) is 4.91. The summed E-state index contributed by atoms with van der Waals surface area (Å²) in [5.41, 5.74) is 0.537. The summed E-state index contributed by atoms with van der Waals surface area (Å²) < 4.78 is 26.3. The van der Waals surface area contributed by atoms with Gasteiger partial charge in [-0.25, -0.2) is 8.78 Å². The van der Waals surface area contributed by atoms with Gasteiger partial charge in [-0.1, -0.05) is 18.9 Å². The third kappa shape index (κ3) is 2.81. The van der Waals surface area contributed by atoms with Crippen LogP contribution in [0.3, 0.4) is 0 Å². The molecule has 0 aliphatic rings. The lowest BCUT2D eigenvalue weighted by Gasteiger charge is -2.15. The molecule has 1 nitrogen and oxygen atoms in total. The minimum Gasteiger partial charge on any atom is -0.300 e. The molecule has 86 valence electrons. The third-order valence-corrected chi connectivity index (χ3v) is 2.95. The highest BCUT2D eigenvalue weighted by molar-refractivity contribution is 9.10. The highest BCUT2D eigenvalue weighted by Crippen LogP contribution is 2.27. The molecule has 0 spiro atoms. The third-order valence-electron chi connectivity index (χ3n) is 2.14. The van der Waals surface area contributed by atoms with Crippen molar-refractivity contribution in [2.75, 3.05) is 6.54 Å². The van der Waals surface area contributed by atoms with E-state index in [-0.39, 0.29) is 4.47 Å². The molecule has 0 radical (unpaired) electrons. The summed E-state index contributed by atoms with van der Waals surface area (Å²) in [6.07, 6.45) is 6.27. The number of terminal acetylenes is 1. The lowest BCUT2D eigenvalue weighted by Crippen LogP contribution is -2.21. The van der Waals surface area contributed by atoms with Gasteiger partial charge in [0.15, 0.2) is 11.6 Å². The topological polar surface area (TPSA) is 12.0 Å². The minimum atomic E-state index is -0.906. The summed E-state index contributed by atoms with van der Waals surface area (Å²) in [6, 6.07) is 2.15. The zero-order chi connectivity index (χ0) is 12.1. The Hall–Kier alpha value is -0.920. The molecular formula is C12H12BrF2N. The smallest absolute Gasteiger partial charge is 0.173 e. The zero-order valence-corrected chi connectivity index (χ0v) is 10.4. The molecule has 1 N–H and O–H groups in total. The summed E-state index contributed by atoms with van der Waals surface area (Å²) in [7, 11) is 0.